The third kappa shape index (κ3) is 4.60. The van der Waals surface area contributed by atoms with Crippen LogP contribution in [0, 0.1) is 15.5 Å². The number of aliphatic carboxylic acids is 1. The Morgan fingerprint density at radius 2 is 2.12 bits per heavy atom. The van der Waals surface area contributed by atoms with Gasteiger partial charge >= 0.3 is 5.97 Å². The van der Waals surface area contributed by atoms with Crippen LogP contribution in [0.15, 0.2) is 29.6 Å². The van der Waals surface area contributed by atoms with Crippen LogP contribution in [0.4, 0.5) is 5.69 Å². The highest BCUT2D eigenvalue weighted by molar-refractivity contribution is 7.13. The molecule has 2 rings (SSSR count). The number of aromatic nitrogens is 1. The van der Waals surface area contributed by atoms with Gasteiger partial charge in [0.15, 0.2) is 0 Å². The van der Waals surface area contributed by atoms with Gasteiger partial charge in [-0.3, -0.25) is 19.7 Å². The van der Waals surface area contributed by atoms with Crippen molar-refractivity contribution in [3.63, 3.8) is 0 Å². The number of nitrogens with zero attached hydrogens (tertiary/aromatic N) is 2. The van der Waals surface area contributed by atoms with Crippen LogP contribution >= 0.6 is 11.3 Å². The first kappa shape index (κ1) is 18.5. The molecule has 0 bridgehead atoms. The van der Waals surface area contributed by atoms with Crippen molar-refractivity contribution in [2.24, 2.45) is 5.41 Å². The number of benzene rings is 1. The minimum absolute atomic E-state index is 0.0467. The number of carboxylic acid groups (broad SMARTS) is 1. The summed E-state index contributed by atoms with van der Waals surface area (Å²) in [6, 6.07) is 6.02. The second-order valence-electron chi connectivity index (χ2n) is 6.04. The molecular weight excluding hydrogens is 346 g/mol. The summed E-state index contributed by atoms with van der Waals surface area (Å²) in [5, 5.41) is 24.6. The fourth-order valence-corrected chi connectivity index (χ4v) is 2.75. The molecule has 0 spiro atoms. The summed E-state index contributed by atoms with van der Waals surface area (Å²) in [4.78, 5) is 37.7. The maximum atomic E-state index is 12.1. The van der Waals surface area contributed by atoms with Gasteiger partial charge in [-0.15, -0.1) is 11.3 Å². The maximum absolute atomic E-state index is 12.1. The van der Waals surface area contributed by atoms with Gasteiger partial charge in [0.05, 0.1) is 10.3 Å². The van der Waals surface area contributed by atoms with Crippen molar-refractivity contribution in [3.05, 3.63) is 45.5 Å². The van der Waals surface area contributed by atoms with Gasteiger partial charge in [0, 0.05) is 29.6 Å². The number of carboxylic acids is 1. The number of thiazole rings is 1. The number of nitro benzene ring substituents is 1. The zero-order valence-electron chi connectivity index (χ0n) is 13.7. The van der Waals surface area contributed by atoms with Crippen molar-refractivity contribution >= 4 is 28.9 Å². The standard InChI is InChI=1S/C16H17N3O5S/c1-16(2,15(21)22)6-7-17-13(20)12-9-25-14(18-12)10-4-3-5-11(8-10)19(23)24/h3-5,8-9H,6-7H2,1-2H3,(H,17,20)(H,21,22). The molecule has 0 radical (unpaired) electrons. The Labute approximate surface area is 147 Å². The van der Waals surface area contributed by atoms with Crippen molar-refractivity contribution in [2.45, 2.75) is 20.3 Å². The van der Waals surface area contributed by atoms with Crippen LogP contribution in [0.3, 0.4) is 0 Å². The number of hydrogen-bond donors (Lipinski definition) is 2. The fraction of sp³-hybridized carbons (Fsp3) is 0.312. The molecule has 8 nitrogen and oxygen atoms in total. The van der Waals surface area contributed by atoms with E-state index < -0.39 is 22.2 Å². The predicted molar refractivity (Wildman–Crippen MR) is 92.6 cm³/mol. The van der Waals surface area contributed by atoms with Crippen LogP contribution < -0.4 is 5.32 Å². The Morgan fingerprint density at radius 3 is 2.76 bits per heavy atom. The SMILES string of the molecule is CC(C)(CCNC(=O)c1csc(-c2cccc([N+](=O)[O-])c2)n1)C(=O)O. The molecule has 1 amide bonds. The Balaban J connectivity index is 2.03. The maximum Gasteiger partial charge on any atom is 0.309 e. The van der Waals surface area contributed by atoms with Crippen molar-refractivity contribution in [1.82, 2.24) is 10.3 Å². The summed E-state index contributed by atoms with van der Waals surface area (Å²) in [5.74, 6) is -1.34. The van der Waals surface area contributed by atoms with Crippen LogP contribution in [-0.4, -0.2) is 33.4 Å². The number of rotatable bonds is 7. The zero-order valence-corrected chi connectivity index (χ0v) is 14.5. The van der Waals surface area contributed by atoms with Crippen LogP contribution in [0.5, 0.6) is 0 Å². The van der Waals surface area contributed by atoms with Gasteiger partial charge in [0.2, 0.25) is 0 Å². The van der Waals surface area contributed by atoms with Crippen LogP contribution in [0.25, 0.3) is 10.6 Å². The lowest BCUT2D eigenvalue weighted by molar-refractivity contribution is -0.384. The van der Waals surface area contributed by atoms with E-state index in [0.29, 0.717) is 10.6 Å². The van der Waals surface area contributed by atoms with Gasteiger partial charge in [-0.05, 0) is 20.3 Å². The van der Waals surface area contributed by atoms with E-state index in [-0.39, 0.29) is 24.3 Å². The lowest BCUT2D eigenvalue weighted by Crippen LogP contribution is -2.32. The lowest BCUT2D eigenvalue weighted by atomic mass is 9.90. The van der Waals surface area contributed by atoms with Crippen molar-refractivity contribution in [1.29, 1.82) is 0 Å². The average Bonchev–Trinajstić information content (AvgIpc) is 3.04. The third-order valence-electron chi connectivity index (χ3n) is 3.66. The van der Waals surface area contributed by atoms with Crippen molar-refractivity contribution < 1.29 is 19.6 Å². The van der Waals surface area contributed by atoms with Crippen molar-refractivity contribution in [2.75, 3.05) is 6.54 Å². The number of hydrogen-bond acceptors (Lipinski definition) is 6. The summed E-state index contributed by atoms with van der Waals surface area (Å²) in [6.45, 7) is 3.39. The molecule has 25 heavy (non-hydrogen) atoms. The zero-order chi connectivity index (χ0) is 18.6. The normalized spacial score (nSPS) is 11.1. The molecule has 0 unspecified atom stereocenters. The van der Waals surface area contributed by atoms with Crippen molar-refractivity contribution in [3.8, 4) is 10.6 Å². The largest absolute Gasteiger partial charge is 0.481 e. The molecule has 132 valence electrons. The van der Waals surface area contributed by atoms with Gasteiger partial charge in [-0.1, -0.05) is 12.1 Å². The number of carbonyl (C=O) groups is 2. The monoisotopic (exact) mass is 363 g/mol. The molecule has 9 heteroatoms. The van der Waals surface area contributed by atoms with E-state index in [4.69, 9.17) is 5.11 Å². The Hall–Kier alpha value is -2.81. The van der Waals surface area contributed by atoms with E-state index in [0.717, 1.165) is 0 Å². The first-order valence-corrected chi connectivity index (χ1v) is 8.30. The molecule has 1 aromatic heterocycles. The molecule has 2 N–H and O–H groups in total. The number of non-ortho nitro benzene ring substituents is 1. The van der Waals surface area contributed by atoms with Gasteiger partial charge in [0.1, 0.15) is 10.7 Å². The minimum atomic E-state index is -0.927. The van der Waals surface area contributed by atoms with E-state index in [1.807, 2.05) is 0 Å². The smallest absolute Gasteiger partial charge is 0.309 e. The number of nitro groups is 1. The number of carbonyl (C=O) groups excluding carboxylic acids is 1. The Morgan fingerprint density at radius 1 is 1.40 bits per heavy atom. The van der Waals surface area contributed by atoms with Crippen LogP contribution in [0.1, 0.15) is 30.8 Å². The van der Waals surface area contributed by atoms with Gasteiger partial charge in [0.25, 0.3) is 11.6 Å². The molecule has 0 aliphatic rings. The van der Waals surface area contributed by atoms with E-state index in [2.05, 4.69) is 10.3 Å². The first-order chi connectivity index (χ1) is 11.7. The van der Waals surface area contributed by atoms with Crippen LogP contribution in [0.2, 0.25) is 0 Å². The summed E-state index contributed by atoms with van der Waals surface area (Å²) in [5.41, 5.74) is -0.219. The molecular formula is C16H17N3O5S. The topological polar surface area (TPSA) is 122 Å². The highest BCUT2D eigenvalue weighted by atomic mass is 32.1. The quantitative estimate of drug-likeness (QED) is 0.576. The molecule has 2 aromatic rings. The summed E-state index contributed by atoms with van der Waals surface area (Å²) < 4.78 is 0. The van der Waals surface area contributed by atoms with E-state index in [9.17, 15) is 19.7 Å². The molecule has 0 aliphatic heterocycles. The van der Waals surface area contributed by atoms with Gasteiger partial charge < -0.3 is 10.4 Å². The Kier molecular flexibility index (Phi) is 5.48. The molecule has 1 heterocycles. The van der Waals surface area contributed by atoms with Gasteiger partial charge in [-0.25, -0.2) is 4.98 Å². The summed E-state index contributed by atoms with van der Waals surface area (Å²) in [6.07, 6.45) is 0.288. The molecule has 0 saturated heterocycles. The highest BCUT2D eigenvalue weighted by Gasteiger charge is 2.26. The minimum Gasteiger partial charge on any atom is -0.481 e. The average molecular weight is 363 g/mol. The molecule has 0 fully saturated rings. The van der Waals surface area contributed by atoms with E-state index in [1.54, 1.807) is 31.4 Å². The molecule has 0 aliphatic carbocycles. The third-order valence-corrected chi connectivity index (χ3v) is 4.55. The number of amides is 1. The summed E-state index contributed by atoms with van der Waals surface area (Å²) in [7, 11) is 0. The molecule has 0 atom stereocenters. The fourth-order valence-electron chi connectivity index (χ4n) is 1.95. The number of nitrogens with one attached hydrogen (secondary N) is 1. The van der Waals surface area contributed by atoms with Crippen LogP contribution in [-0.2, 0) is 4.79 Å². The first-order valence-electron chi connectivity index (χ1n) is 7.42. The predicted octanol–water partition coefficient (Wildman–Crippen LogP) is 2.95. The highest BCUT2D eigenvalue weighted by Crippen LogP contribution is 2.27. The second kappa shape index (κ2) is 7.39. The molecule has 1 aromatic carbocycles. The molecule has 0 saturated carbocycles. The van der Waals surface area contributed by atoms with Gasteiger partial charge in [-0.2, -0.15) is 0 Å². The van der Waals surface area contributed by atoms with E-state index in [1.165, 1.54) is 23.5 Å². The summed E-state index contributed by atoms with van der Waals surface area (Å²) >= 11 is 1.21. The second-order valence-corrected chi connectivity index (χ2v) is 6.90. The Bertz CT molecular complexity index is 816. The van der Waals surface area contributed by atoms with E-state index >= 15 is 0 Å². The lowest BCUT2D eigenvalue weighted by Gasteiger charge is -2.18.